The molecule has 0 aliphatic carbocycles. The molecule has 0 unspecified atom stereocenters. The van der Waals surface area contributed by atoms with Gasteiger partial charge in [0.05, 0.1) is 22.4 Å². The van der Waals surface area contributed by atoms with E-state index in [9.17, 15) is 0 Å². The van der Waals surface area contributed by atoms with Gasteiger partial charge >= 0.3 is 0 Å². The molecule has 0 aliphatic rings. The minimum atomic E-state index is 0.679. The second-order valence-electron chi connectivity index (χ2n) is 12.6. The average molecular weight is 640 g/mol. The summed E-state index contributed by atoms with van der Waals surface area (Å²) in [5.41, 5.74) is 12.3. The van der Waals surface area contributed by atoms with Gasteiger partial charge in [0.2, 0.25) is 0 Å². The second-order valence-corrected chi connectivity index (χ2v) is 12.6. The zero-order chi connectivity index (χ0) is 33.0. The van der Waals surface area contributed by atoms with Gasteiger partial charge in [-0.3, -0.25) is 0 Å². The maximum Gasteiger partial charge on any atom is 0.160 e. The van der Waals surface area contributed by atoms with Crippen molar-refractivity contribution >= 4 is 43.7 Å². The van der Waals surface area contributed by atoms with Crippen molar-refractivity contribution in [1.82, 2.24) is 14.5 Å². The molecule has 7 aromatic carbocycles. The molecule has 10 aromatic rings. The van der Waals surface area contributed by atoms with Gasteiger partial charge in [0.25, 0.3) is 0 Å². The highest BCUT2D eigenvalue weighted by molar-refractivity contribution is 6.11. The van der Waals surface area contributed by atoms with Crippen LogP contribution < -0.4 is 0 Å². The summed E-state index contributed by atoms with van der Waals surface area (Å²) in [5, 5.41) is 4.57. The third-order valence-electron chi connectivity index (χ3n) is 9.61. The zero-order valence-corrected chi connectivity index (χ0v) is 27.0. The highest BCUT2D eigenvalue weighted by Crippen LogP contribution is 2.38. The Balaban J connectivity index is 1.11. The smallest absolute Gasteiger partial charge is 0.160 e. The van der Waals surface area contributed by atoms with E-state index in [1.165, 1.54) is 21.8 Å². The average Bonchev–Trinajstić information content (AvgIpc) is 3.73. The number of hydrogen-bond donors (Lipinski definition) is 0. The van der Waals surface area contributed by atoms with E-state index in [2.05, 4.69) is 138 Å². The lowest BCUT2D eigenvalue weighted by Gasteiger charge is -2.09. The first kappa shape index (κ1) is 28.3. The summed E-state index contributed by atoms with van der Waals surface area (Å²) < 4.78 is 8.70. The quantitative estimate of drug-likeness (QED) is 0.188. The standard InChI is InChI=1S/C46H29N3O/c1-4-12-30(13-5-1)40-29-41(31-14-6-2-7-15-31)48-46(47-40)34-22-25-45-39(28-34)38-27-33(21-24-44(38)50-45)32-20-23-43-37(26-32)36-18-10-11-19-42(36)49(43)35-16-8-3-9-17-35/h1-29H. The number of para-hydroxylation sites is 2. The molecule has 0 aliphatic heterocycles. The lowest BCUT2D eigenvalue weighted by atomic mass is 10.00. The predicted octanol–water partition coefficient (Wildman–Crippen LogP) is 12.1. The molecule has 0 amide bonds. The normalized spacial score (nSPS) is 11.6. The van der Waals surface area contributed by atoms with Crippen LogP contribution in [-0.4, -0.2) is 14.5 Å². The van der Waals surface area contributed by atoms with Crippen LogP contribution in [0.4, 0.5) is 0 Å². The van der Waals surface area contributed by atoms with E-state index < -0.39 is 0 Å². The number of hydrogen-bond acceptors (Lipinski definition) is 3. The summed E-state index contributed by atoms with van der Waals surface area (Å²) in [6, 6.07) is 61.4. The molecule has 0 bridgehead atoms. The third kappa shape index (κ3) is 4.69. The van der Waals surface area contributed by atoms with Crippen LogP contribution >= 0.6 is 0 Å². The zero-order valence-electron chi connectivity index (χ0n) is 27.0. The van der Waals surface area contributed by atoms with Crippen LogP contribution in [0.3, 0.4) is 0 Å². The van der Waals surface area contributed by atoms with Gasteiger partial charge in [0.1, 0.15) is 11.2 Å². The summed E-state index contributed by atoms with van der Waals surface area (Å²) >= 11 is 0. The Morgan fingerprint density at radius 2 is 0.860 bits per heavy atom. The molecular formula is C46H29N3O. The highest BCUT2D eigenvalue weighted by atomic mass is 16.3. The van der Waals surface area contributed by atoms with Crippen LogP contribution in [0.5, 0.6) is 0 Å². The van der Waals surface area contributed by atoms with Crippen molar-refractivity contribution in [3.63, 3.8) is 0 Å². The molecule has 3 heterocycles. The van der Waals surface area contributed by atoms with Crippen molar-refractivity contribution < 1.29 is 4.42 Å². The van der Waals surface area contributed by atoms with Crippen molar-refractivity contribution in [1.29, 1.82) is 0 Å². The Hall–Kier alpha value is -6.78. The van der Waals surface area contributed by atoms with E-state index in [-0.39, 0.29) is 0 Å². The van der Waals surface area contributed by atoms with Gasteiger partial charge in [-0.25, -0.2) is 9.97 Å². The summed E-state index contributed by atoms with van der Waals surface area (Å²) in [6.45, 7) is 0. The maximum atomic E-state index is 6.36. The van der Waals surface area contributed by atoms with Gasteiger partial charge in [-0.15, -0.1) is 0 Å². The second kappa shape index (κ2) is 11.4. The number of rotatable bonds is 5. The lowest BCUT2D eigenvalue weighted by Crippen LogP contribution is -1.95. The van der Waals surface area contributed by atoms with Crippen LogP contribution in [0, 0.1) is 0 Å². The molecule has 4 nitrogen and oxygen atoms in total. The number of aromatic nitrogens is 3. The van der Waals surface area contributed by atoms with Crippen LogP contribution in [0.25, 0.3) is 94.5 Å². The van der Waals surface area contributed by atoms with Gasteiger partial charge in [0.15, 0.2) is 5.82 Å². The molecule has 50 heavy (non-hydrogen) atoms. The topological polar surface area (TPSA) is 43.9 Å². The Bertz CT molecular complexity index is 2800. The van der Waals surface area contributed by atoms with Gasteiger partial charge in [-0.1, -0.05) is 109 Å². The third-order valence-corrected chi connectivity index (χ3v) is 9.61. The van der Waals surface area contributed by atoms with Crippen molar-refractivity contribution in [3.8, 4) is 50.7 Å². The van der Waals surface area contributed by atoms with Crippen LogP contribution in [0.15, 0.2) is 180 Å². The fourth-order valence-corrected chi connectivity index (χ4v) is 7.19. The molecule has 0 spiro atoms. The van der Waals surface area contributed by atoms with E-state index >= 15 is 0 Å². The summed E-state index contributed by atoms with van der Waals surface area (Å²) in [4.78, 5) is 10.1. The molecule has 0 saturated heterocycles. The van der Waals surface area contributed by atoms with Crippen LogP contribution in [-0.2, 0) is 0 Å². The minimum absolute atomic E-state index is 0.679. The fraction of sp³-hybridized carbons (Fsp3) is 0. The Morgan fingerprint density at radius 3 is 1.52 bits per heavy atom. The van der Waals surface area contributed by atoms with E-state index in [4.69, 9.17) is 14.4 Å². The highest BCUT2D eigenvalue weighted by Gasteiger charge is 2.16. The molecule has 0 saturated carbocycles. The van der Waals surface area contributed by atoms with Crippen molar-refractivity contribution in [2.75, 3.05) is 0 Å². The molecule has 0 N–H and O–H groups in total. The fourth-order valence-electron chi connectivity index (χ4n) is 7.19. The predicted molar refractivity (Wildman–Crippen MR) is 205 cm³/mol. The minimum Gasteiger partial charge on any atom is -0.456 e. The molecule has 0 radical (unpaired) electrons. The summed E-state index contributed by atoms with van der Waals surface area (Å²) in [7, 11) is 0. The van der Waals surface area contributed by atoms with Crippen LogP contribution in [0.1, 0.15) is 0 Å². The van der Waals surface area contributed by atoms with Crippen molar-refractivity contribution in [2.45, 2.75) is 0 Å². The number of fused-ring (bicyclic) bond motifs is 6. The Morgan fingerprint density at radius 1 is 0.360 bits per heavy atom. The molecule has 234 valence electrons. The van der Waals surface area contributed by atoms with Gasteiger partial charge in [-0.05, 0) is 77.9 Å². The summed E-state index contributed by atoms with van der Waals surface area (Å²) in [6.07, 6.45) is 0. The van der Waals surface area contributed by atoms with E-state index in [0.717, 1.165) is 66.8 Å². The maximum absolute atomic E-state index is 6.36. The largest absolute Gasteiger partial charge is 0.456 e. The first-order valence-electron chi connectivity index (χ1n) is 16.8. The molecule has 4 heteroatoms. The molecule has 0 fully saturated rings. The molecule has 10 rings (SSSR count). The van der Waals surface area contributed by atoms with E-state index in [1.54, 1.807) is 0 Å². The van der Waals surface area contributed by atoms with Crippen molar-refractivity contribution in [2.24, 2.45) is 0 Å². The Kier molecular flexibility index (Phi) is 6.46. The monoisotopic (exact) mass is 639 g/mol. The van der Waals surface area contributed by atoms with Gasteiger partial charge in [0, 0.05) is 43.9 Å². The molecule has 3 aromatic heterocycles. The molecule has 0 atom stereocenters. The van der Waals surface area contributed by atoms with Gasteiger partial charge < -0.3 is 8.98 Å². The number of benzene rings is 7. The SMILES string of the molecule is c1ccc(-c2cc(-c3ccccc3)nc(-c3ccc4oc5ccc(-c6ccc7c(c6)c6ccccc6n7-c6ccccc6)cc5c4c3)n2)cc1. The van der Waals surface area contributed by atoms with E-state index in [1.807, 2.05) is 42.5 Å². The molecular weight excluding hydrogens is 611 g/mol. The van der Waals surface area contributed by atoms with E-state index in [0.29, 0.717) is 5.82 Å². The summed E-state index contributed by atoms with van der Waals surface area (Å²) in [5.74, 6) is 0.679. The lowest BCUT2D eigenvalue weighted by molar-refractivity contribution is 0.669. The van der Waals surface area contributed by atoms with Gasteiger partial charge in [-0.2, -0.15) is 0 Å². The Labute approximate surface area is 288 Å². The number of furan rings is 1. The van der Waals surface area contributed by atoms with Crippen molar-refractivity contribution in [3.05, 3.63) is 176 Å². The first-order valence-corrected chi connectivity index (χ1v) is 16.8. The first-order chi connectivity index (χ1) is 24.8. The number of nitrogens with zero attached hydrogens (tertiary/aromatic N) is 3. The van der Waals surface area contributed by atoms with Crippen LogP contribution in [0.2, 0.25) is 0 Å².